The van der Waals surface area contributed by atoms with E-state index in [9.17, 15) is 8.42 Å². The predicted octanol–water partition coefficient (Wildman–Crippen LogP) is 3.35. The Labute approximate surface area is 183 Å². The molecule has 1 atom stereocenters. The lowest BCUT2D eigenvalue weighted by Crippen LogP contribution is -2.39. The molecular weight excluding hydrogens is 531 g/mol. The molecule has 1 aromatic carbocycles. The molecule has 2 N–H and O–H groups in total. The molecule has 0 amide bonds. The van der Waals surface area contributed by atoms with E-state index in [1.54, 1.807) is 0 Å². The van der Waals surface area contributed by atoms with Gasteiger partial charge >= 0.3 is 0 Å². The summed E-state index contributed by atoms with van der Waals surface area (Å²) in [5.41, 5.74) is 1.11. The van der Waals surface area contributed by atoms with E-state index in [0.717, 1.165) is 10.0 Å². The molecule has 0 bridgehead atoms. The second-order valence-electron chi connectivity index (χ2n) is 5.55. The Hall–Kier alpha value is -0.390. The highest BCUT2D eigenvalue weighted by Crippen LogP contribution is 2.22. The Morgan fingerprint density at radius 2 is 1.85 bits per heavy atom. The lowest BCUT2D eigenvalue weighted by molar-refractivity contribution is 0.445. The molecule has 0 saturated heterocycles. The third kappa shape index (κ3) is 8.10. The van der Waals surface area contributed by atoms with Gasteiger partial charge in [-0.3, -0.25) is 4.99 Å². The van der Waals surface area contributed by atoms with Crippen molar-refractivity contribution in [3.8, 4) is 0 Å². The van der Waals surface area contributed by atoms with Crippen LogP contribution >= 0.6 is 39.9 Å². The molecule has 0 aliphatic carbocycles. The number of guanidine groups is 1. The fourth-order valence-corrected chi connectivity index (χ4v) is 4.44. The average molecular weight is 561 g/mol. The summed E-state index contributed by atoms with van der Waals surface area (Å²) in [5, 5.41) is 6.48. The van der Waals surface area contributed by atoms with E-state index in [1.165, 1.54) is 4.31 Å². The SMILES string of the molecule is CCNC(=NCCS(=O)(=O)N(CC)CC)NC(C)c1ccccc1Br.I. The van der Waals surface area contributed by atoms with Crippen LogP contribution in [0.2, 0.25) is 0 Å². The largest absolute Gasteiger partial charge is 0.357 e. The van der Waals surface area contributed by atoms with Gasteiger partial charge in [-0.2, -0.15) is 0 Å². The Balaban J connectivity index is 0.00000625. The van der Waals surface area contributed by atoms with Crippen molar-refractivity contribution in [2.45, 2.75) is 33.7 Å². The molecule has 150 valence electrons. The molecule has 1 unspecified atom stereocenters. The first-order chi connectivity index (χ1) is 11.9. The first-order valence-corrected chi connectivity index (χ1v) is 11.0. The van der Waals surface area contributed by atoms with Gasteiger partial charge in [-0.1, -0.05) is 48.0 Å². The smallest absolute Gasteiger partial charge is 0.215 e. The predicted molar refractivity (Wildman–Crippen MR) is 124 cm³/mol. The molecule has 0 aromatic heterocycles. The molecule has 1 rings (SSSR count). The lowest BCUT2D eigenvalue weighted by Gasteiger charge is -2.20. The van der Waals surface area contributed by atoms with E-state index in [-0.39, 0.29) is 42.3 Å². The fourth-order valence-electron chi connectivity index (χ4n) is 2.45. The number of sulfonamides is 1. The van der Waals surface area contributed by atoms with Crippen molar-refractivity contribution in [3.63, 3.8) is 0 Å². The summed E-state index contributed by atoms with van der Waals surface area (Å²) in [6.45, 7) is 9.60. The third-order valence-electron chi connectivity index (χ3n) is 3.79. The molecule has 0 heterocycles. The Kier molecular flexibility index (Phi) is 12.7. The highest BCUT2D eigenvalue weighted by molar-refractivity contribution is 14.0. The minimum Gasteiger partial charge on any atom is -0.357 e. The number of hydrogen-bond acceptors (Lipinski definition) is 3. The van der Waals surface area contributed by atoms with Crippen molar-refractivity contribution < 1.29 is 8.42 Å². The number of hydrogen-bond donors (Lipinski definition) is 2. The highest BCUT2D eigenvalue weighted by Gasteiger charge is 2.18. The van der Waals surface area contributed by atoms with E-state index in [1.807, 2.05) is 52.0 Å². The first kappa shape index (κ1) is 25.6. The van der Waals surface area contributed by atoms with Crippen LogP contribution < -0.4 is 10.6 Å². The molecular formula is C17H30BrIN4O2S. The molecule has 6 nitrogen and oxygen atoms in total. The summed E-state index contributed by atoms with van der Waals surface area (Å²) in [4.78, 5) is 4.42. The molecule has 0 radical (unpaired) electrons. The summed E-state index contributed by atoms with van der Waals surface area (Å²) in [6, 6.07) is 8.02. The summed E-state index contributed by atoms with van der Waals surface area (Å²) in [5.74, 6) is 0.620. The van der Waals surface area contributed by atoms with Crippen LogP contribution in [-0.4, -0.2) is 50.6 Å². The number of nitrogens with one attached hydrogen (secondary N) is 2. The molecule has 0 spiro atoms. The van der Waals surface area contributed by atoms with Gasteiger partial charge in [-0.15, -0.1) is 24.0 Å². The van der Waals surface area contributed by atoms with Gasteiger partial charge in [0, 0.05) is 24.1 Å². The van der Waals surface area contributed by atoms with E-state index < -0.39 is 10.0 Å². The van der Waals surface area contributed by atoms with Crippen LogP contribution in [0.1, 0.15) is 39.3 Å². The number of benzene rings is 1. The maximum atomic E-state index is 12.2. The van der Waals surface area contributed by atoms with Gasteiger partial charge in [-0.05, 0) is 25.5 Å². The Morgan fingerprint density at radius 3 is 2.38 bits per heavy atom. The van der Waals surface area contributed by atoms with Gasteiger partial charge in [0.05, 0.1) is 18.3 Å². The summed E-state index contributed by atoms with van der Waals surface area (Å²) >= 11 is 3.55. The van der Waals surface area contributed by atoms with Crippen molar-refractivity contribution >= 4 is 55.9 Å². The number of aliphatic imine (C=N–C) groups is 1. The van der Waals surface area contributed by atoms with E-state index >= 15 is 0 Å². The van der Waals surface area contributed by atoms with Gasteiger partial charge < -0.3 is 10.6 Å². The van der Waals surface area contributed by atoms with E-state index in [0.29, 0.717) is 25.6 Å². The summed E-state index contributed by atoms with van der Waals surface area (Å²) in [7, 11) is -3.26. The normalized spacial score (nSPS) is 13.2. The van der Waals surface area contributed by atoms with Gasteiger partial charge in [0.1, 0.15) is 0 Å². The first-order valence-electron chi connectivity index (χ1n) is 8.62. The quantitative estimate of drug-likeness (QED) is 0.276. The van der Waals surface area contributed by atoms with Crippen LogP contribution in [0.15, 0.2) is 33.7 Å². The van der Waals surface area contributed by atoms with Gasteiger partial charge in [0.25, 0.3) is 0 Å². The average Bonchev–Trinajstić information content (AvgIpc) is 2.56. The van der Waals surface area contributed by atoms with Gasteiger partial charge in [0.2, 0.25) is 10.0 Å². The van der Waals surface area contributed by atoms with Crippen molar-refractivity contribution in [2.24, 2.45) is 4.99 Å². The van der Waals surface area contributed by atoms with Gasteiger partial charge in [0.15, 0.2) is 5.96 Å². The second kappa shape index (κ2) is 12.9. The minimum absolute atomic E-state index is 0. The van der Waals surface area contributed by atoms with Crippen molar-refractivity contribution in [1.29, 1.82) is 0 Å². The zero-order valence-electron chi connectivity index (χ0n) is 15.8. The van der Waals surface area contributed by atoms with E-state index in [4.69, 9.17) is 0 Å². The van der Waals surface area contributed by atoms with Crippen molar-refractivity contribution in [3.05, 3.63) is 34.3 Å². The molecule has 0 aliphatic heterocycles. The number of nitrogens with zero attached hydrogens (tertiary/aromatic N) is 2. The Bertz CT molecular complexity index is 666. The van der Waals surface area contributed by atoms with Crippen molar-refractivity contribution in [2.75, 3.05) is 31.9 Å². The van der Waals surface area contributed by atoms with Crippen LogP contribution in [0.4, 0.5) is 0 Å². The van der Waals surface area contributed by atoms with Crippen LogP contribution in [0.5, 0.6) is 0 Å². The summed E-state index contributed by atoms with van der Waals surface area (Å²) < 4.78 is 26.9. The summed E-state index contributed by atoms with van der Waals surface area (Å²) in [6.07, 6.45) is 0. The molecule has 0 aliphatic rings. The van der Waals surface area contributed by atoms with Crippen LogP contribution in [0.3, 0.4) is 0 Å². The monoisotopic (exact) mass is 560 g/mol. The van der Waals surface area contributed by atoms with Gasteiger partial charge in [-0.25, -0.2) is 12.7 Å². The van der Waals surface area contributed by atoms with Crippen LogP contribution in [-0.2, 0) is 10.0 Å². The molecule has 0 saturated carbocycles. The maximum Gasteiger partial charge on any atom is 0.215 e. The van der Waals surface area contributed by atoms with Crippen LogP contribution in [0, 0.1) is 0 Å². The molecule has 9 heteroatoms. The third-order valence-corrected chi connectivity index (χ3v) is 6.51. The highest BCUT2D eigenvalue weighted by atomic mass is 127. The van der Waals surface area contributed by atoms with Crippen molar-refractivity contribution in [1.82, 2.24) is 14.9 Å². The zero-order chi connectivity index (χ0) is 18.9. The molecule has 0 fully saturated rings. The zero-order valence-corrected chi connectivity index (χ0v) is 20.6. The Morgan fingerprint density at radius 1 is 1.23 bits per heavy atom. The van der Waals surface area contributed by atoms with E-state index in [2.05, 4.69) is 31.6 Å². The number of rotatable bonds is 9. The maximum absolute atomic E-state index is 12.2. The molecule has 26 heavy (non-hydrogen) atoms. The van der Waals surface area contributed by atoms with Crippen LogP contribution in [0.25, 0.3) is 0 Å². The fraction of sp³-hybridized carbons (Fsp3) is 0.588. The minimum atomic E-state index is -3.26. The number of halogens is 2. The second-order valence-corrected chi connectivity index (χ2v) is 8.49. The lowest BCUT2D eigenvalue weighted by atomic mass is 10.1. The standard InChI is InChI=1S/C17H29BrN4O2S.HI/c1-5-19-17(20-12-13-25(23,24)22(6-2)7-3)21-14(4)15-10-8-9-11-16(15)18;/h8-11,14H,5-7,12-13H2,1-4H3,(H2,19,20,21);1H. The molecule has 1 aromatic rings. The topological polar surface area (TPSA) is 73.8 Å².